The molecule has 1 aromatic carbocycles. The second-order valence-electron chi connectivity index (χ2n) is 4.11. The molecule has 0 aromatic heterocycles. The van der Waals surface area contributed by atoms with Crippen LogP contribution in [0.1, 0.15) is 19.4 Å². The van der Waals surface area contributed by atoms with Crippen LogP contribution in [0.2, 0.25) is 5.02 Å². The molecule has 0 radical (unpaired) electrons. The molecule has 0 spiro atoms. The lowest BCUT2D eigenvalue weighted by Crippen LogP contribution is -2.42. The zero-order chi connectivity index (χ0) is 11.5. The summed E-state index contributed by atoms with van der Waals surface area (Å²) >= 11 is 5.65. The number of rotatable bonds is 4. The fourth-order valence-corrected chi connectivity index (χ4v) is 1.27. The lowest BCUT2D eigenvalue weighted by molar-refractivity contribution is 0.187. The van der Waals surface area contributed by atoms with Gasteiger partial charge >= 0.3 is 0 Å². The number of aliphatic hydroxyl groups is 1. The molecule has 0 heterocycles. The van der Waals surface area contributed by atoms with E-state index in [0.29, 0.717) is 12.1 Å². The van der Waals surface area contributed by atoms with E-state index in [4.69, 9.17) is 16.7 Å². The van der Waals surface area contributed by atoms with Crippen LogP contribution in [0, 0.1) is 5.82 Å². The van der Waals surface area contributed by atoms with Crippen LogP contribution in [0.3, 0.4) is 0 Å². The molecule has 0 aliphatic heterocycles. The molecule has 0 bridgehead atoms. The van der Waals surface area contributed by atoms with E-state index in [-0.39, 0.29) is 11.6 Å². The Morgan fingerprint density at radius 2 is 2.13 bits per heavy atom. The lowest BCUT2D eigenvalue weighted by atomic mass is 10.1. The summed E-state index contributed by atoms with van der Waals surface area (Å²) in [5.74, 6) is -0.402. The van der Waals surface area contributed by atoms with Crippen molar-refractivity contribution in [3.05, 3.63) is 34.6 Å². The van der Waals surface area contributed by atoms with Crippen molar-refractivity contribution >= 4 is 11.6 Å². The van der Waals surface area contributed by atoms with Crippen LogP contribution in [0.15, 0.2) is 18.2 Å². The van der Waals surface area contributed by atoms with Gasteiger partial charge in [-0.25, -0.2) is 4.39 Å². The Bertz CT molecular complexity index is 341. The smallest absolute Gasteiger partial charge is 0.146 e. The molecule has 0 amide bonds. The molecule has 2 nitrogen and oxygen atoms in total. The Labute approximate surface area is 94.1 Å². The second kappa shape index (κ2) is 4.92. The highest BCUT2D eigenvalue weighted by Gasteiger charge is 2.16. The summed E-state index contributed by atoms with van der Waals surface area (Å²) < 4.78 is 13.4. The van der Waals surface area contributed by atoms with Crippen molar-refractivity contribution in [2.45, 2.75) is 25.9 Å². The highest BCUT2D eigenvalue weighted by molar-refractivity contribution is 6.30. The molecule has 84 valence electrons. The van der Waals surface area contributed by atoms with Crippen LogP contribution in [-0.4, -0.2) is 17.3 Å². The fraction of sp³-hybridized carbons (Fsp3) is 0.455. The second-order valence-corrected chi connectivity index (χ2v) is 4.52. The maximum absolute atomic E-state index is 13.4. The van der Waals surface area contributed by atoms with E-state index < -0.39 is 11.4 Å². The zero-order valence-corrected chi connectivity index (χ0v) is 9.61. The van der Waals surface area contributed by atoms with Crippen molar-refractivity contribution in [2.24, 2.45) is 0 Å². The SMILES string of the molecule is CC(C)(CO)NCc1cccc(Cl)c1F. The fourth-order valence-electron chi connectivity index (χ4n) is 1.08. The van der Waals surface area contributed by atoms with Gasteiger partial charge in [-0.3, -0.25) is 0 Å². The van der Waals surface area contributed by atoms with E-state index in [0.717, 1.165) is 0 Å². The largest absolute Gasteiger partial charge is 0.394 e. The van der Waals surface area contributed by atoms with Gasteiger partial charge < -0.3 is 10.4 Å². The molecule has 2 N–H and O–H groups in total. The summed E-state index contributed by atoms with van der Waals surface area (Å²) in [6.45, 7) is 4.03. The van der Waals surface area contributed by atoms with E-state index >= 15 is 0 Å². The average molecular weight is 232 g/mol. The van der Waals surface area contributed by atoms with Gasteiger partial charge in [0.25, 0.3) is 0 Å². The number of benzene rings is 1. The van der Waals surface area contributed by atoms with Crippen molar-refractivity contribution in [2.75, 3.05) is 6.61 Å². The molecule has 0 atom stereocenters. The van der Waals surface area contributed by atoms with Crippen molar-refractivity contribution in [3.63, 3.8) is 0 Å². The van der Waals surface area contributed by atoms with E-state index in [2.05, 4.69) is 5.32 Å². The molecule has 1 rings (SSSR count). The quantitative estimate of drug-likeness (QED) is 0.834. The molecule has 0 aliphatic rings. The van der Waals surface area contributed by atoms with Crippen LogP contribution < -0.4 is 5.32 Å². The van der Waals surface area contributed by atoms with Gasteiger partial charge in [-0.05, 0) is 19.9 Å². The Kier molecular flexibility index (Phi) is 4.08. The molecule has 4 heteroatoms. The average Bonchev–Trinajstić information content (AvgIpc) is 2.20. The Balaban J connectivity index is 2.70. The molecule has 0 fully saturated rings. The molecule has 0 aliphatic carbocycles. The first kappa shape index (κ1) is 12.4. The van der Waals surface area contributed by atoms with Crippen LogP contribution in [0.5, 0.6) is 0 Å². The normalized spacial score (nSPS) is 11.8. The summed E-state index contributed by atoms with van der Waals surface area (Å²) in [6.07, 6.45) is 0. The monoisotopic (exact) mass is 231 g/mol. The van der Waals surface area contributed by atoms with E-state index in [1.165, 1.54) is 6.07 Å². The van der Waals surface area contributed by atoms with E-state index in [1.807, 2.05) is 13.8 Å². The molecule has 1 aromatic rings. The maximum atomic E-state index is 13.4. The minimum Gasteiger partial charge on any atom is -0.394 e. The summed E-state index contributed by atoms with van der Waals surface area (Å²) in [6, 6.07) is 4.88. The van der Waals surface area contributed by atoms with Gasteiger partial charge in [0.15, 0.2) is 0 Å². The van der Waals surface area contributed by atoms with Gasteiger partial charge in [0.1, 0.15) is 5.82 Å². The predicted octanol–water partition coefficient (Wildman–Crippen LogP) is 2.34. The Morgan fingerprint density at radius 3 is 2.73 bits per heavy atom. The summed E-state index contributed by atoms with van der Waals surface area (Å²) in [7, 11) is 0. The van der Waals surface area contributed by atoms with E-state index in [9.17, 15) is 4.39 Å². The summed E-state index contributed by atoms with van der Waals surface area (Å²) in [4.78, 5) is 0. The Hall–Kier alpha value is -0.640. The van der Waals surface area contributed by atoms with Gasteiger partial charge in [0.2, 0.25) is 0 Å². The number of halogens is 2. The number of hydrogen-bond donors (Lipinski definition) is 2. The highest BCUT2D eigenvalue weighted by atomic mass is 35.5. The zero-order valence-electron chi connectivity index (χ0n) is 8.85. The molecule has 0 unspecified atom stereocenters. The van der Waals surface area contributed by atoms with Gasteiger partial charge in [0.05, 0.1) is 11.6 Å². The van der Waals surface area contributed by atoms with Gasteiger partial charge in [0, 0.05) is 17.6 Å². The van der Waals surface area contributed by atoms with Crippen LogP contribution in [-0.2, 0) is 6.54 Å². The van der Waals surface area contributed by atoms with Crippen LogP contribution in [0.25, 0.3) is 0 Å². The minimum absolute atomic E-state index is 0.00478. The summed E-state index contributed by atoms with van der Waals surface area (Å²) in [5, 5.41) is 12.2. The standard InChI is InChI=1S/C11H15ClFNO/c1-11(2,7-15)14-6-8-4-3-5-9(12)10(8)13/h3-5,14-15H,6-7H2,1-2H3. The number of aliphatic hydroxyl groups excluding tert-OH is 1. The first-order valence-corrected chi connectivity index (χ1v) is 5.13. The maximum Gasteiger partial charge on any atom is 0.146 e. The third kappa shape index (κ3) is 3.45. The summed E-state index contributed by atoms with van der Waals surface area (Å²) in [5.41, 5.74) is 0.0819. The first-order valence-electron chi connectivity index (χ1n) is 4.75. The third-order valence-electron chi connectivity index (χ3n) is 2.18. The highest BCUT2D eigenvalue weighted by Crippen LogP contribution is 2.18. The molecular formula is C11H15ClFNO. The van der Waals surface area contributed by atoms with Crippen molar-refractivity contribution in [1.29, 1.82) is 0 Å². The van der Waals surface area contributed by atoms with Gasteiger partial charge in [-0.2, -0.15) is 0 Å². The molecule has 0 saturated carbocycles. The van der Waals surface area contributed by atoms with Gasteiger partial charge in [-0.1, -0.05) is 23.7 Å². The lowest BCUT2D eigenvalue weighted by Gasteiger charge is -2.23. The first-order chi connectivity index (χ1) is 6.96. The molecule has 0 saturated heterocycles. The van der Waals surface area contributed by atoms with Gasteiger partial charge in [-0.15, -0.1) is 0 Å². The Morgan fingerprint density at radius 1 is 1.47 bits per heavy atom. The predicted molar refractivity (Wildman–Crippen MR) is 59.4 cm³/mol. The number of hydrogen-bond acceptors (Lipinski definition) is 2. The van der Waals surface area contributed by atoms with Crippen molar-refractivity contribution < 1.29 is 9.50 Å². The van der Waals surface area contributed by atoms with Crippen molar-refractivity contribution in [1.82, 2.24) is 5.32 Å². The van der Waals surface area contributed by atoms with E-state index in [1.54, 1.807) is 12.1 Å². The number of nitrogens with one attached hydrogen (secondary N) is 1. The molecule has 15 heavy (non-hydrogen) atoms. The molecular weight excluding hydrogens is 217 g/mol. The minimum atomic E-state index is -0.422. The van der Waals surface area contributed by atoms with Crippen LogP contribution in [0.4, 0.5) is 4.39 Å². The van der Waals surface area contributed by atoms with Crippen LogP contribution >= 0.6 is 11.6 Å². The topological polar surface area (TPSA) is 32.3 Å². The third-order valence-corrected chi connectivity index (χ3v) is 2.48. The van der Waals surface area contributed by atoms with Crippen molar-refractivity contribution in [3.8, 4) is 0 Å².